The largest absolute Gasteiger partial charge is 0.433 e. The summed E-state index contributed by atoms with van der Waals surface area (Å²) in [6.07, 6.45) is -2.31. The van der Waals surface area contributed by atoms with E-state index in [1.165, 1.54) is 6.33 Å². The van der Waals surface area contributed by atoms with Gasteiger partial charge in [-0.05, 0) is 18.2 Å². The number of anilines is 1. The minimum absolute atomic E-state index is 0.0451. The third kappa shape index (κ3) is 4.06. The molecule has 0 atom stereocenters. The molecule has 0 aliphatic heterocycles. The van der Waals surface area contributed by atoms with E-state index >= 15 is 0 Å². The summed E-state index contributed by atoms with van der Waals surface area (Å²) in [5, 5.41) is 10.9. The molecular weight excluding hydrogens is 305 g/mol. The third-order valence-electron chi connectivity index (χ3n) is 2.39. The maximum Gasteiger partial charge on any atom is 0.433 e. The Kier molecular flexibility index (Phi) is 4.66. The van der Waals surface area contributed by atoms with Crippen LogP contribution < -0.4 is 5.32 Å². The summed E-state index contributed by atoms with van der Waals surface area (Å²) in [5.74, 6) is -0.0451. The highest BCUT2D eigenvalue weighted by molar-refractivity contribution is 7.99. The Bertz CT molecular complexity index is 612. The molecule has 1 N–H and O–H groups in total. The zero-order valence-corrected chi connectivity index (χ0v) is 12.2. The van der Waals surface area contributed by atoms with Gasteiger partial charge in [0.25, 0.3) is 0 Å². The Hall–Kier alpha value is -1.84. The van der Waals surface area contributed by atoms with E-state index in [1.807, 2.05) is 6.92 Å². The van der Waals surface area contributed by atoms with Crippen LogP contribution in [0.15, 0.2) is 22.6 Å². The normalized spacial score (nSPS) is 11.7. The third-order valence-corrected chi connectivity index (χ3v) is 3.36. The molecule has 0 amide bonds. The zero-order chi connectivity index (χ0) is 15.5. The SMILES string of the molecule is CCCNc1nc(Sc2nncn2C)cc(C(F)(F)F)n1. The van der Waals surface area contributed by atoms with Crippen molar-refractivity contribution in [3.8, 4) is 0 Å². The van der Waals surface area contributed by atoms with Crippen molar-refractivity contribution in [2.24, 2.45) is 7.05 Å². The van der Waals surface area contributed by atoms with E-state index in [-0.39, 0.29) is 11.0 Å². The number of rotatable bonds is 5. The van der Waals surface area contributed by atoms with E-state index in [2.05, 4.69) is 25.5 Å². The number of hydrogen-bond acceptors (Lipinski definition) is 6. The lowest BCUT2D eigenvalue weighted by atomic mass is 10.4. The topological polar surface area (TPSA) is 68.5 Å². The highest BCUT2D eigenvalue weighted by atomic mass is 32.2. The molecule has 2 rings (SSSR count). The second-order valence-corrected chi connectivity index (χ2v) is 5.15. The molecule has 0 aromatic carbocycles. The first-order valence-corrected chi connectivity index (χ1v) is 6.93. The summed E-state index contributed by atoms with van der Waals surface area (Å²) >= 11 is 0.997. The summed E-state index contributed by atoms with van der Waals surface area (Å²) in [5.41, 5.74) is -0.985. The Morgan fingerprint density at radius 3 is 2.67 bits per heavy atom. The number of hydrogen-bond donors (Lipinski definition) is 1. The highest BCUT2D eigenvalue weighted by Gasteiger charge is 2.34. The molecule has 0 unspecified atom stereocenters. The van der Waals surface area contributed by atoms with Gasteiger partial charge in [-0.1, -0.05) is 6.92 Å². The van der Waals surface area contributed by atoms with Crippen LogP contribution in [0, 0.1) is 0 Å². The summed E-state index contributed by atoms with van der Waals surface area (Å²) in [6.45, 7) is 2.39. The van der Waals surface area contributed by atoms with Gasteiger partial charge in [0.15, 0.2) is 10.9 Å². The van der Waals surface area contributed by atoms with Gasteiger partial charge >= 0.3 is 6.18 Å². The number of nitrogens with one attached hydrogen (secondary N) is 1. The Balaban J connectivity index is 2.33. The summed E-state index contributed by atoms with van der Waals surface area (Å²) < 4.78 is 40.2. The van der Waals surface area contributed by atoms with Crippen LogP contribution in [0.2, 0.25) is 0 Å². The lowest BCUT2D eigenvalue weighted by Crippen LogP contribution is -2.13. The van der Waals surface area contributed by atoms with Gasteiger partial charge in [-0.25, -0.2) is 9.97 Å². The quantitative estimate of drug-likeness (QED) is 0.855. The van der Waals surface area contributed by atoms with Gasteiger partial charge in [0.05, 0.1) is 0 Å². The molecule has 114 valence electrons. The molecule has 2 aromatic rings. The standard InChI is InChI=1S/C11H13F3N6S/c1-3-4-15-9-17-7(11(12,13)14)5-8(18-9)21-10-19-16-6-20(10)2/h5-6H,3-4H2,1-2H3,(H,15,17,18). The van der Waals surface area contributed by atoms with Crippen LogP contribution in [-0.2, 0) is 13.2 Å². The molecule has 0 fully saturated rings. The molecule has 0 aliphatic carbocycles. The van der Waals surface area contributed by atoms with Gasteiger partial charge in [-0.2, -0.15) is 13.2 Å². The fraction of sp³-hybridized carbons (Fsp3) is 0.455. The molecule has 21 heavy (non-hydrogen) atoms. The molecule has 0 saturated heterocycles. The van der Waals surface area contributed by atoms with Crippen molar-refractivity contribution in [3.63, 3.8) is 0 Å². The second kappa shape index (κ2) is 6.29. The summed E-state index contributed by atoms with van der Waals surface area (Å²) in [7, 11) is 1.70. The van der Waals surface area contributed by atoms with Gasteiger partial charge in [-0.3, -0.25) is 0 Å². The van der Waals surface area contributed by atoms with Crippen LogP contribution in [-0.4, -0.2) is 31.3 Å². The molecule has 2 heterocycles. The van der Waals surface area contributed by atoms with Crippen molar-refractivity contribution in [1.82, 2.24) is 24.7 Å². The molecule has 10 heteroatoms. The number of aromatic nitrogens is 5. The van der Waals surface area contributed by atoms with Crippen LogP contribution in [0.5, 0.6) is 0 Å². The van der Waals surface area contributed by atoms with E-state index < -0.39 is 11.9 Å². The van der Waals surface area contributed by atoms with Crippen molar-refractivity contribution in [2.45, 2.75) is 29.7 Å². The number of nitrogens with zero attached hydrogens (tertiary/aromatic N) is 5. The monoisotopic (exact) mass is 318 g/mol. The molecule has 0 spiro atoms. The van der Waals surface area contributed by atoms with Crippen molar-refractivity contribution in [1.29, 1.82) is 0 Å². The number of aryl methyl sites for hydroxylation is 1. The van der Waals surface area contributed by atoms with E-state index in [0.29, 0.717) is 11.7 Å². The minimum Gasteiger partial charge on any atom is -0.354 e. The molecule has 0 bridgehead atoms. The first-order chi connectivity index (χ1) is 9.90. The minimum atomic E-state index is -4.53. The van der Waals surface area contributed by atoms with E-state index in [4.69, 9.17) is 0 Å². The van der Waals surface area contributed by atoms with Crippen LogP contribution in [0.1, 0.15) is 19.0 Å². The molecule has 0 saturated carbocycles. The van der Waals surface area contributed by atoms with Crippen molar-refractivity contribution in [3.05, 3.63) is 18.1 Å². The van der Waals surface area contributed by atoms with Gasteiger partial charge in [0.1, 0.15) is 11.4 Å². The molecule has 6 nitrogen and oxygen atoms in total. The smallest absolute Gasteiger partial charge is 0.354 e. The lowest BCUT2D eigenvalue weighted by molar-refractivity contribution is -0.141. The average molecular weight is 318 g/mol. The average Bonchev–Trinajstić information content (AvgIpc) is 2.81. The molecule has 2 aromatic heterocycles. The Morgan fingerprint density at radius 1 is 1.33 bits per heavy atom. The van der Waals surface area contributed by atoms with Crippen LogP contribution in [0.4, 0.5) is 19.1 Å². The number of halogens is 3. The summed E-state index contributed by atoms with van der Waals surface area (Å²) in [4.78, 5) is 7.55. The van der Waals surface area contributed by atoms with E-state index in [9.17, 15) is 13.2 Å². The molecule has 0 aliphatic rings. The number of alkyl halides is 3. The second-order valence-electron chi connectivity index (χ2n) is 4.17. The van der Waals surface area contributed by atoms with Gasteiger partial charge in [0, 0.05) is 19.7 Å². The van der Waals surface area contributed by atoms with E-state index in [1.54, 1.807) is 11.6 Å². The fourth-order valence-electron chi connectivity index (χ4n) is 1.40. The fourth-order valence-corrected chi connectivity index (χ4v) is 2.17. The van der Waals surface area contributed by atoms with Crippen LogP contribution in [0.25, 0.3) is 0 Å². The van der Waals surface area contributed by atoms with Gasteiger partial charge in [-0.15, -0.1) is 10.2 Å². The molecule has 0 radical (unpaired) electrons. The first kappa shape index (κ1) is 15.5. The zero-order valence-electron chi connectivity index (χ0n) is 11.3. The van der Waals surface area contributed by atoms with Crippen molar-refractivity contribution >= 4 is 17.7 Å². The lowest BCUT2D eigenvalue weighted by Gasteiger charge is -2.10. The Labute approximate surface area is 123 Å². The van der Waals surface area contributed by atoms with Gasteiger partial charge < -0.3 is 9.88 Å². The maximum atomic E-state index is 12.9. The summed E-state index contributed by atoms with van der Waals surface area (Å²) in [6, 6.07) is 0.899. The first-order valence-electron chi connectivity index (χ1n) is 6.12. The van der Waals surface area contributed by atoms with Gasteiger partial charge in [0.2, 0.25) is 5.95 Å². The highest BCUT2D eigenvalue weighted by Crippen LogP contribution is 2.32. The predicted octanol–water partition coefficient (Wildman–Crippen LogP) is 2.60. The van der Waals surface area contributed by atoms with Crippen molar-refractivity contribution in [2.75, 3.05) is 11.9 Å². The van der Waals surface area contributed by atoms with Crippen molar-refractivity contribution < 1.29 is 13.2 Å². The Morgan fingerprint density at radius 2 is 2.10 bits per heavy atom. The van der Waals surface area contributed by atoms with Crippen LogP contribution in [0.3, 0.4) is 0 Å². The maximum absolute atomic E-state index is 12.9. The van der Waals surface area contributed by atoms with E-state index in [0.717, 1.165) is 24.2 Å². The molecular formula is C11H13F3N6S. The predicted molar refractivity (Wildman–Crippen MR) is 70.9 cm³/mol. The van der Waals surface area contributed by atoms with Crippen LogP contribution >= 0.6 is 11.8 Å².